The lowest BCUT2D eigenvalue weighted by Crippen LogP contribution is -2.46. The van der Waals surface area contributed by atoms with E-state index < -0.39 is 0 Å². The number of hydrogen-bond acceptors (Lipinski definition) is 5. The van der Waals surface area contributed by atoms with E-state index in [0.29, 0.717) is 19.2 Å². The summed E-state index contributed by atoms with van der Waals surface area (Å²) in [5.41, 5.74) is 0. The van der Waals surface area contributed by atoms with E-state index in [1.165, 1.54) is 0 Å². The van der Waals surface area contributed by atoms with Crippen molar-refractivity contribution in [2.75, 3.05) is 58.4 Å². The smallest absolute Gasteiger partial charge is 0.236 e. The molecule has 0 atom stereocenters. The van der Waals surface area contributed by atoms with Crippen LogP contribution in [0.15, 0.2) is 0 Å². The number of aliphatic hydroxyl groups is 1. The lowest BCUT2D eigenvalue weighted by atomic mass is 10.1. The third kappa shape index (κ3) is 7.47. The van der Waals surface area contributed by atoms with Crippen molar-refractivity contribution >= 4 is 17.7 Å². The van der Waals surface area contributed by atoms with E-state index in [-0.39, 0.29) is 5.91 Å². The Labute approximate surface area is 127 Å². The fraction of sp³-hybridized carbons (Fsp3) is 0.929. The van der Waals surface area contributed by atoms with Gasteiger partial charge < -0.3 is 15.3 Å². The molecule has 1 rings (SSSR count). The SMILES string of the molecule is CN(C)C(=O)CN1CCC(NCCSCCCO)CC1. The third-order valence-corrected chi connectivity index (χ3v) is 4.64. The van der Waals surface area contributed by atoms with Gasteiger partial charge in [-0.2, -0.15) is 11.8 Å². The number of nitrogens with zero attached hydrogens (tertiary/aromatic N) is 2. The first-order valence-electron chi connectivity index (χ1n) is 7.48. The van der Waals surface area contributed by atoms with Crippen molar-refractivity contribution in [3.05, 3.63) is 0 Å². The fourth-order valence-corrected chi connectivity index (χ4v) is 3.03. The molecule has 0 aromatic rings. The predicted octanol–water partition coefficient (Wildman–Crippen LogP) is 0.244. The minimum Gasteiger partial charge on any atom is -0.396 e. The zero-order valence-corrected chi connectivity index (χ0v) is 13.6. The van der Waals surface area contributed by atoms with Crippen LogP contribution in [0.3, 0.4) is 0 Å². The summed E-state index contributed by atoms with van der Waals surface area (Å²) in [6, 6.07) is 0.596. The summed E-state index contributed by atoms with van der Waals surface area (Å²) in [6.07, 6.45) is 3.15. The van der Waals surface area contributed by atoms with Crippen LogP contribution >= 0.6 is 11.8 Å². The van der Waals surface area contributed by atoms with E-state index in [1.54, 1.807) is 4.90 Å². The molecule has 0 unspecified atom stereocenters. The second kappa shape index (κ2) is 10.4. The van der Waals surface area contributed by atoms with Gasteiger partial charge in [0.15, 0.2) is 0 Å². The first-order valence-corrected chi connectivity index (χ1v) is 8.63. The van der Waals surface area contributed by atoms with Crippen molar-refractivity contribution in [3.8, 4) is 0 Å². The molecule has 5 nitrogen and oxygen atoms in total. The number of rotatable bonds is 9. The Balaban J connectivity index is 2.03. The molecule has 1 saturated heterocycles. The normalized spacial score (nSPS) is 17.4. The van der Waals surface area contributed by atoms with Crippen molar-refractivity contribution in [1.29, 1.82) is 0 Å². The van der Waals surface area contributed by atoms with Crippen molar-refractivity contribution in [2.24, 2.45) is 0 Å². The number of carbonyl (C=O) groups is 1. The highest BCUT2D eigenvalue weighted by Crippen LogP contribution is 2.10. The summed E-state index contributed by atoms with van der Waals surface area (Å²) < 4.78 is 0. The lowest BCUT2D eigenvalue weighted by molar-refractivity contribution is -0.130. The van der Waals surface area contributed by atoms with Crippen LogP contribution in [0.5, 0.6) is 0 Å². The summed E-state index contributed by atoms with van der Waals surface area (Å²) in [6.45, 7) is 3.91. The molecule has 1 aliphatic rings. The molecule has 0 aliphatic carbocycles. The second-order valence-corrected chi connectivity index (χ2v) is 6.71. The maximum atomic E-state index is 11.6. The molecular weight excluding hydrogens is 274 g/mol. The van der Waals surface area contributed by atoms with E-state index in [1.807, 2.05) is 25.9 Å². The minimum atomic E-state index is 0.191. The number of thioether (sulfide) groups is 1. The van der Waals surface area contributed by atoms with Crippen LogP contribution in [0.1, 0.15) is 19.3 Å². The molecule has 0 spiro atoms. The summed E-state index contributed by atoms with van der Waals surface area (Å²) in [5.74, 6) is 2.35. The highest BCUT2D eigenvalue weighted by atomic mass is 32.2. The van der Waals surface area contributed by atoms with Gasteiger partial charge in [-0.1, -0.05) is 0 Å². The van der Waals surface area contributed by atoms with Crippen LogP contribution in [0.4, 0.5) is 0 Å². The van der Waals surface area contributed by atoms with Crippen molar-refractivity contribution < 1.29 is 9.90 Å². The number of likely N-dealkylation sites (N-methyl/N-ethyl adjacent to an activating group) is 1. The average molecular weight is 303 g/mol. The van der Waals surface area contributed by atoms with Gasteiger partial charge >= 0.3 is 0 Å². The maximum Gasteiger partial charge on any atom is 0.236 e. The van der Waals surface area contributed by atoms with Gasteiger partial charge in [0.25, 0.3) is 0 Å². The molecule has 0 aromatic heterocycles. The topological polar surface area (TPSA) is 55.8 Å². The van der Waals surface area contributed by atoms with Gasteiger partial charge in [-0.15, -0.1) is 0 Å². The van der Waals surface area contributed by atoms with Gasteiger partial charge in [-0.25, -0.2) is 0 Å². The number of hydrogen-bond donors (Lipinski definition) is 2. The number of nitrogens with one attached hydrogen (secondary N) is 1. The number of amides is 1. The minimum absolute atomic E-state index is 0.191. The Bertz CT molecular complexity index is 269. The maximum absolute atomic E-state index is 11.6. The van der Waals surface area contributed by atoms with E-state index in [0.717, 1.165) is 50.4 Å². The first kappa shape index (κ1) is 17.8. The number of likely N-dealkylation sites (tertiary alicyclic amines) is 1. The van der Waals surface area contributed by atoms with Gasteiger partial charge in [0.05, 0.1) is 6.54 Å². The average Bonchev–Trinajstić information content (AvgIpc) is 2.44. The van der Waals surface area contributed by atoms with Crippen molar-refractivity contribution in [2.45, 2.75) is 25.3 Å². The monoisotopic (exact) mass is 303 g/mol. The Kier molecular flexibility index (Phi) is 9.26. The quantitative estimate of drug-likeness (QED) is 0.598. The third-order valence-electron chi connectivity index (χ3n) is 3.57. The molecule has 0 bridgehead atoms. The van der Waals surface area contributed by atoms with Crippen LogP contribution in [-0.2, 0) is 4.79 Å². The number of carbonyl (C=O) groups excluding carboxylic acids is 1. The van der Waals surface area contributed by atoms with Gasteiger partial charge in [0, 0.05) is 52.1 Å². The van der Waals surface area contributed by atoms with Crippen LogP contribution in [0, 0.1) is 0 Å². The molecule has 20 heavy (non-hydrogen) atoms. The Hall–Kier alpha value is -0.300. The standard InChI is InChI=1S/C14H29N3O2S/c1-16(2)14(19)12-17-7-4-13(5-8-17)15-6-11-20-10-3-9-18/h13,15,18H,3-12H2,1-2H3. The molecule has 118 valence electrons. The molecule has 2 N–H and O–H groups in total. The molecule has 0 aromatic carbocycles. The number of aliphatic hydroxyl groups excluding tert-OH is 1. The largest absolute Gasteiger partial charge is 0.396 e. The summed E-state index contributed by atoms with van der Waals surface area (Å²) in [4.78, 5) is 15.5. The van der Waals surface area contributed by atoms with Crippen LogP contribution < -0.4 is 5.32 Å². The molecule has 0 saturated carbocycles. The first-order chi connectivity index (χ1) is 9.63. The van der Waals surface area contributed by atoms with Crippen LogP contribution in [0.2, 0.25) is 0 Å². The van der Waals surface area contributed by atoms with Gasteiger partial charge in [0.2, 0.25) is 5.91 Å². The van der Waals surface area contributed by atoms with Crippen molar-refractivity contribution in [1.82, 2.24) is 15.1 Å². The summed E-state index contributed by atoms with van der Waals surface area (Å²) in [5, 5.41) is 12.3. The highest BCUT2D eigenvalue weighted by Gasteiger charge is 2.20. The predicted molar refractivity (Wildman–Crippen MR) is 85.2 cm³/mol. The van der Waals surface area contributed by atoms with Gasteiger partial charge in [0.1, 0.15) is 0 Å². The lowest BCUT2D eigenvalue weighted by Gasteiger charge is -2.32. The van der Waals surface area contributed by atoms with E-state index in [2.05, 4.69) is 10.2 Å². The van der Waals surface area contributed by atoms with Gasteiger partial charge in [-0.05, 0) is 25.0 Å². The molecule has 0 radical (unpaired) electrons. The van der Waals surface area contributed by atoms with Gasteiger partial charge in [-0.3, -0.25) is 9.69 Å². The Morgan fingerprint density at radius 2 is 2.05 bits per heavy atom. The van der Waals surface area contributed by atoms with Crippen LogP contribution in [0.25, 0.3) is 0 Å². The zero-order valence-electron chi connectivity index (χ0n) is 12.8. The number of piperidine rings is 1. The van der Waals surface area contributed by atoms with E-state index >= 15 is 0 Å². The molecule has 1 heterocycles. The van der Waals surface area contributed by atoms with E-state index in [4.69, 9.17) is 5.11 Å². The van der Waals surface area contributed by atoms with E-state index in [9.17, 15) is 4.79 Å². The Morgan fingerprint density at radius 3 is 2.65 bits per heavy atom. The second-order valence-electron chi connectivity index (χ2n) is 5.48. The fourth-order valence-electron chi connectivity index (χ4n) is 2.23. The molecule has 1 fully saturated rings. The van der Waals surface area contributed by atoms with Crippen LogP contribution in [-0.4, -0.2) is 85.2 Å². The van der Waals surface area contributed by atoms with Crippen molar-refractivity contribution in [3.63, 3.8) is 0 Å². The zero-order chi connectivity index (χ0) is 14.8. The summed E-state index contributed by atoms with van der Waals surface area (Å²) in [7, 11) is 3.62. The summed E-state index contributed by atoms with van der Waals surface area (Å²) >= 11 is 1.90. The molecule has 1 amide bonds. The highest BCUT2D eigenvalue weighted by molar-refractivity contribution is 7.99. The Morgan fingerprint density at radius 1 is 1.35 bits per heavy atom. The molecular formula is C14H29N3O2S. The molecule has 1 aliphatic heterocycles. The molecule has 6 heteroatoms.